The lowest BCUT2D eigenvalue weighted by atomic mass is 10.1. The van der Waals surface area contributed by atoms with Crippen LogP contribution in [0.3, 0.4) is 0 Å². The molecule has 1 rings (SSSR count). The van der Waals surface area contributed by atoms with Gasteiger partial charge in [-0.15, -0.1) is 0 Å². The van der Waals surface area contributed by atoms with Gasteiger partial charge in [0, 0.05) is 16.9 Å². The van der Waals surface area contributed by atoms with Gasteiger partial charge in [0.15, 0.2) is 0 Å². The van der Waals surface area contributed by atoms with Crippen LogP contribution in [-0.2, 0) is 4.79 Å². The Bertz CT molecular complexity index is 454. The first-order chi connectivity index (χ1) is 8.08. The van der Waals surface area contributed by atoms with Crippen LogP contribution < -0.4 is 10.6 Å². The number of hydrogen-bond acceptors (Lipinski definition) is 3. The average Bonchev–Trinajstić information content (AvgIpc) is 2.29. The van der Waals surface area contributed by atoms with Crippen LogP contribution in [0.4, 0.5) is 5.69 Å². The lowest BCUT2D eigenvalue weighted by Crippen LogP contribution is -2.28. The number of nitrogens with one attached hydrogen (secondary N) is 2. The first kappa shape index (κ1) is 13.7. The number of hydrogen-bond donors (Lipinski definition) is 2. The fraction of sp³-hybridized carbons (Fsp3) is 0.333. The van der Waals surface area contributed by atoms with E-state index >= 15 is 0 Å². The van der Waals surface area contributed by atoms with Gasteiger partial charge in [-0.05, 0) is 25.2 Å². The SMILES string of the molecule is CNCC(C)C(=O)Nc1cc(Br)ccc1C#N. The third-order valence-electron chi connectivity index (χ3n) is 2.32. The summed E-state index contributed by atoms with van der Waals surface area (Å²) in [5, 5.41) is 14.6. The highest BCUT2D eigenvalue weighted by Gasteiger charge is 2.13. The monoisotopic (exact) mass is 295 g/mol. The number of amides is 1. The zero-order valence-corrected chi connectivity index (χ0v) is 11.3. The van der Waals surface area contributed by atoms with Gasteiger partial charge >= 0.3 is 0 Å². The molecule has 0 spiro atoms. The molecule has 0 aromatic heterocycles. The van der Waals surface area contributed by atoms with E-state index in [0.29, 0.717) is 17.8 Å². The van der Waals surface area contributed by atoms with E-state index in [4.69, 9.17) is 5.26 Å². The molecule has 0 aliphatic heterocycles. The van der Waals surface area contributed by atoms with Gasteiger partial charge in [0.25, 0.3) is 0 Å². The van der Waals surface area contributed by atoms with Gasteiger partial charge in [0.1, 0.15) is 6.07 Å². The van der Waals surface area contributed by atoms with Crippen molar-refractivity contribution in [3.8, 4) is 6.07 Å². The Balaban J connectivity index is 2.84. The predicted octanol–water partition coefficient (Wildman–Crippen LogP) is 2.11. The largest absolute Gasteiger partial charge is 0.325 e. The Morgan fingerprint density at radius 2 is 2.29 bits per heavy atom. The number of rotatable bonds is 4. The maximum Gasteiger partial charge on any atom is 0.228 e. The molecule has 90 valence electrons. The highest BCUT2D eigenvalue weighted by molar-refractivity contribution is 9.10. The lowest BCUT2D eigenvalue weighted by Gasteiger charge is -2.12. The molecule has 0 heterocycles. The maximum absolute atomic E-state index is 11.8. The summed E-state index contributed by atoms with van der Waals surface area (Å²) in [6.07, 6.45) is 0. The number of halogens is 1. The van der Waals surface area contributed by atoms with E-state index in [1.165, 1.54) is 0 Å². The second-order valence-corrected chi connectivity index (χ2v) is 4.67. The molecule has 4 nitrogen and oxygen atoms in total. The van der Waals surface area contributed by atoms with Crippen molar-refractivity contribution in [2.45, 2.75) is 6.92 Å². The maximum atomic E-state index is 11.8. The van der Waals surface area contributed by atoms with Crippen molar-refractivity contribution in [1.82, 2.24) is 5.32 Å². The number of benzene rings is 1. The molecule has 0 aliphatic carbocycles. The molecule has 5 heteroatoms. The molecule has 0 fully saturated rings. The summed E-state index contributed by atoms with van der Waals surface area (Å²) in [7, 11) is 1.80. The van der Waals surface area contributed by atoms with Gasteiger partial charge < -0.3 is 10.6 Å². The third-order valence-corrected chi connectivity index (χ3v) is 2.81. The first-order valence-corrected chi connectivity index (χ1v) is 6.03. The summed E-state index contributed by atoms with van der Waals surface area (Å²) in [5.74, 6) is -0.250. The van der Waals surface area contributed by atoms with Crippen LogP contribution in [0.2, 0.25) is 0 Å². The predicted molar refractivity (Wildman–Crippen MR) is 70.6 cm³/mol. The van der Waals surface area contributed by atoms with Gasteiger partial charge in [0.2, 0.25) is 5.91 Å². The van der Waals surface area contributed by atoms with Gasteiger partial charge in [-0.1, -0.05) is 22.9 Å². The summed E-state index contributed by atoms with van der Waals surface area (Å²) in [6.45, 7) is 2.43. The highest BCUT2D eigenvalue weighted by atomic mass is 79.9. The van der Waals surface area contributed by atoms with E-state index in [1.54, 1.807) is 25.2 Å². The van der Waals surface area contributed by atoms with Crippen LogP contribution >= 0.6 is 15.9 Å². The number of nitriles is 1. The van der Waals surface area contributed by atoms with E-state index in [2.05, 4.69) is 26.6 Å². The minimum absolute atomic E-state index is 0.103. The Hall–Kier alpha value is -1.38. The quantitative estimate of drug-likeness (QED) is 0.894. The third kappa shape index (κ3) is 3.84. The molecule has 0 saturated heterocycles. The molecule has 0 saturated carbocycles. The number of anilines is 1. The van der Waals surface area contributed by atoms with Crippen LogP contribution in [-0.4, -0.2) is 19.5 Å². The van der Waals surface area contributed by atoms with Gasteiger partial charge in [-0.2, -0.15) is 5.26 Å². The van der Waals surface area contributed by atoms with Crippen molar-refractivity contribution < 1.29 is 4.79 Å². The molecular formula is C12H14BrN3O. The van der Waals surface area contributed by atoms with Crippen molar-refractivity contribution in [2.75, 3.05) is 18.9 Å². The Labute approximate surface area is 109 Å². The van der Waals surface area contributed by atoms with E-state index in [1.807, 2.05) is 13.0 Å². The van der Waals surface area contributed by atoms with Crippen LogP contribution in [0.25, 0.3) is 0 Å². The van der Waals surface area contributed by atoms with Crippen molar-refractivity contribution in [2.24, 2.45) is 5.92 Å². The summed E-state index contributed by atoms with van der Waals surface area (Å²) in [6, 6.07) is 7.21. The first-order valence-electron chi connectivity index (χ1n) is 5.23. The van der Waals surface area contributed by atoms with Gasteiger partial charge in [-0.25, -0.2) is 0 Å². The molecule has 1 aromatic carbocycles. The van der Waals surface area contributed by atoms with E-state index in [9.17, 15) is 4.79 Å². The van der Waals surface area contributed by atoms with E-state index in [0.717, 1.165) is 4.47 Å². The molecule has 1 aromatic rings. The zero-order chi connectivity index (χ0) is 12.8. The molecule has 0 bridgehead atoms. The van der Waals surface area contributed by atoms with Crippen molar-refractivity contribution >= 4 is 27.5 Å². The summed E-state index contributed by atoms with van der Waals surface area (Å²) < 4.78 is 0.827. The second-order valence-electron chi connectivity index (χ2n) is 3.75. The van der Waals surface area contributed by atoms with Crippen LogP contribution in [0.15, 0.2) is 22.7 Å². The zero-order valence-electron chi connectivity index (χ0n) is 9.75. The van der Waals surface area contributed by atoms with Crippen molar-refractivity contribution in [3.05, 3.63) is 28.2 Å². The normalized spacial score (nSPS) is 11.6. The van der Waals surface area contributed by atoms with Crippen LogP contribution in [0.1, 0.15) is 12.5 Å². The number of carbonyl (C=O) groups is 1. The minimum Gasteiger partial charge on any atom is -0.325 e. The number of nitrogens with zero attached hydrogens (tertiary/aromatic N) is 1. The second kappa shape index (κ2) is 6.38. The van der Waals surface area contributed by atoms with Crippen molar-refractivity contribution in [1.29, 1.82) is 5.26 Å². The summed E-state index contributed by atoms with van der Waals surface area (Å²) in [5.41, 5.74) is 0.994. The van der Waals surface area contributed by atoms with Crippen LogP contribution in [0, 0.1) is 17.2 Å². The number of carbonyl (C=O) groups excluding carboxylic acids is 1. The minimum atomic E-state index is -0.148. The lowest BCUT2D eigenvalue weighted by molar-refractivity contribution is -0.119. The fourth-order valence-corrected chi connectivity index (χ4v) is 1.73. The summed E-state index contributed by atoms with van der Waals surface area (Å²) in [4.78, 5) is 11.8. The standard InChI is InChI=1S/C12H14BrN3O/c1-8(7-15-2)12(17)16-11-5-10(13)4-3-9(11)6-14/h3-5,8,15H,7H2,1-2H3,(H,16,17). The molecule has 0 radical (unpaired) electrons. The Morgan fingerprint density at radius 3 is 2.88 bits per heavy atom. The smallest absolute Gasteiger partial charge is 0.228 e. The molecule has 1 unspecified atom stereocenters. The molecule has 2 N–H and O–H groups in total. The van der Waals surface area contributed by atoms with E-state index in [-0.39, 0.29) is 11.8 Å². The molecule has 1 amide bonds. The summed E-state index contributed by atoms with van der Waals surface area (Å²) >= 11 is 3.31. The molecule has 17 heavy (non-hydrogen) atoms. The van der Waals surface area contributed by atoms with Gasteiger partial charge in [0.05, 0.1) is 11.3 Å². The average molecular weight is 296 g/mol. The van der Waals surface area contributed by atoms with Gasteiger partial charge in [-0.3, -0.25) is 4.79 Å². The Morgan fingerprint density at radius 1 is 1.59 bits per heavy atom. The highest BCUT2D eigenvalue weighted by Crippen LogP contribution is 2.21. The van der Waals surface area contributed by atoms with E-state index < -0.39 is 0 Å². The molecule has 1 atom stereocenters. The Kier molecular flexibility index (Phi) is 5.13. The van der Waals surface area contributed by atoms with Crippen molar-refractivity contribution in [3.63, 3.8) is 0 Å². The molecule has 0 aliphatic rings. The fourth-order valence-electron chi connectivity index (χ4n) is 1.37. The molecular weight excluding hydrogens is 282 g/mol. The van der Waals surface area contributed by atoms with Crippen LogP contribution in [0.5, 0.6) is 0 Å². The topological polar surface area (TPSA) is 64.9 Å².